The van der Waals surface area contributed by atoms with E-state index in [0.717, 1.165) is 0 Å². The van der Waals surface area contributed by atoms with Crippen LogP contribution in [0.5, 0.6) is 0 Å². The number of carboxylic acids is 2. The predicted molar refractivity (Wildman–Crippen MR) is 182 cm³/mol. The Kier molecular flexibility index (Phi) is 12.3. The highest BCUT2D eigenvalue weighted by Crippen LogP contribution is 2.33. The van der Waals surface area contributed by atoms with E-state index >= 15 is 0 Å². The topological polar surface area (TPSA) is 127 Å². The molecule has 48 heavy (non-hydrogen) atoms. The van der Waals surface area contributed by atoms with Gasteiger partial charge in [0.25, 0.3) is 0 Å². The van der Waals surface area contributed by atoms with E-state index in [1.165, 1.54) is 79.9 Å². The van der Waals surface area contributed by atoms with Gasteiger partial charge in [-0.2, -0.15) is 0 Å². The van der Waals surface area contributed by atoms with E-state index < -0.39 is 36.1 Å². The second kappa shape index (κ2) is 16.8. The van der Waals surface area contributed by atoms with Gasteiger partial charge in [-0.3, -0.25) is 0 Å². The molecule has 5 aromatic rings. The molecule has 8 nitrogen and oxygen atoms in total. The Balaban J connectivity index is 0.000000219. The largest absolute Gasteiger partial charge is 0.478 e. The number of aliphatic carboxylic acids is 2. The van der Waals surface area contributed by atoms with Gasteiger partial charge in [0.05, 0.1) is 22.0 Å². The van der Waals surface area contributed by atoms with E-state index in [9.17, 15) is 29.4 Å². The van der Waals surface area contributed by atoms with Crippen molar-refractivity contribution in [3.8, 4) is 0 Å². The number of aryl methyl sites for hydroxylation is 3. The van der Waals surface area contributed by atoms with Crippen LogP contribution in [0.1, 0.15) is 37.4 Å². The number of hydrogen-bond acceptors (Lipinski definition) is 6. The summed E-state index contributed by atoms with van der Waals surface area (Å²) >= 11 is 0. The molecule has 0 saturated heterocycles. The van der Waals surface area contributed by atoms with Gasteiger partial charge in [-0.25, -0.2) is 19.2 Å². The van der Waals surface area contributed by atoms with Crippen molar-refractivity contribution in [3.63, 3.8) is 0 Å². The van der Waals surface area contributed by atoms with Crippen LogP contribution >= 0.6 is 0 Å². The van der Waals surface area contributed by atoms with Gasteiger partial charge in [0, 0.05) is 5.56 Å². The summed E-state index contributed by atoms with van der Waals surface area (Å²) in [5.74, 6) is -5.63. The standard InChI is InChI=1S/C21H21S.C18H14O8/c1-16-10-13-20(14-11-16)22(19-7-5-4-6-8-19)21-15-17(2)9-12-18(21)3;19-15(20)13(25-17(23)11-7-3-1-4-8-11)14(16(21)22)26-18(24)12-9-5-2-6-10-12/h4-15H,1-3H3;1-10,13-14H,(H,19,20)(H,21,22)/q+1;/t;13-,14-/m.1/s1. The Morgan fingerprint density at radius 3 is 1.35 bits per heavy atom. The van der Waals surface area contributed by atoms with Crippen molar-refractivity contribution in [2.75, 3.05) is 0 Å². The van der Waals surface area contributed by atoms with E-state index in [2.05, 4.69) is 93.6 Å². The van der Waals surface area contributed by atoms with Crippen LogP contribution in [0.4, 0.5) is 0 Å². The number of ether oxygens (including phenoxy) is 2. The summed E-state index contributed by atoms with van der Waals surface area (Å²) in [6.45, 7) is 6.53. The van der Waals surface area contributed by atoms with Gasteiger partial charge in [-0.1, -0.05) is 84.4 Å². The molecule has 5 rings (SSSR count). The van der Waals surface area contributed by atoms with Gasteiger partial charge in [0.15, 0.2) is 14.7 Å². The number of carbonyl (C=O) groups is 4. The fourth-order valence-electron chi connectivity index (χ4n) is 4.55. The second-order valence-corrected chi connectivity index (χ2v) is 12.8. The summed E-state index contributed by atoms with van der Waals surface area (Å²) in [5, 5.41) is 18.5. The average molecular weight is 664 g/mol. The third kappa shape index (κ3) is 9.43. The zero-order valence-electron chi connectivity index (χ0n) is 26.6. The van der Waals surface area contributed by atoms with Crippen LogP contribution in [0.2, 0.25) is 0 Å². The summed E-state index contributed by atoms with van der Waals surface area (Å²) in [6, 6.07) is 41.4. The molecule has 9 heteroatoms. The van der Waals surface area contributed by atoms with Crippen LogP contribution in [0.15, 0.2) is 148 Å². The molecule has 0 saturated carbocycles. The Morgan fingerprint density at radius 1 is 0.521 bits per heavy atom. The first-order chi connectivity index (χ1) is 23.0. The zero-order chi connectivity index (χ0) is 34.6. The number of carboxylic acid groups (broad SMARTS) is 2. The van der Waals surface area contributed by atoms with Crippen LogP contribution in [0.3, 0.4) is 0 Å². The summed E-state index contributed by atoms with van der Waals surface area (Å²) in [7, 11) is -0.0448. The van der Waals surface area contributed by atoms with Crippen LogP contribution < -0.4 is 0 Å². The quantitative estimate of drug-likeness (QED) is 0.118. The number of benzene rings is 5. The Bertz CT molecular complexity index is 1770. The predicted octanol–water partition coefficient (Wildman–Crippen LogP) is 7.31. The first-order valence-corrected chi connectivity index (χ1v) is 16.2. The van der Waals surface area contributed by atoms with E-state index in [4.69, 9.17) is 9.47 Å². The van der Waals surface area contributed by atoms with E-state index in [1.807, 2.05) is 0 Å². The molecule has 0 heterocycles. The third-order valence-electron chi connectivity index (χ3n) is 7.05. The molecule has 0 amide bonds. The molecule has 0 radical (unpaired) electrons. The normalized spacial score (nSPS) is 12.3. The van der Waals surface area contributed by atoms with Crippen LogP contribution in [-0.2, 0) is 30.0 Å². The Hall–Kier alpha value is -5.67. The van der Waals surface area contributed by atoms with Gasteiger partial charge in [0.2, 0.25) is 12.2 Å². The monoisotopic (exact) mass is 663 g/mol. The minimum Gasteiger partial charge on any atom is -0.478 e. The average Bonchev–Trinajstić information content (AvgIpc) is 3.10. The fraction of sp³-hybridized carbons (Fsp3) is 0.128. The second-order valence-electron chi connectivity index (χ2n) is 10.8. The molecule has 0 bridgehead atoms. The van der Waals surface area contributed by atoms with Crippen molar-refractivity contribution in [2.24, 2.45) is 0 Å². The molecule has 1 unspecified atom stereocenters. The summed E-state index contributed by atoms with van der Waals surface area (Å²) in [4.78, 5) is 51.0. The minimum absolute atomic E-state index is 0.0253. The van der Waals surface area contributed by atoms with Crippen LogP contribution in [0, 0.1) is 20.8 Å². The van der Waals surface area contributed by atoms with Gasteiger partial charge in [-0.05, 0) is 80.9 Å². The molecule has 2 N–H and O–H groups in total. The van der Waals surface area contributed by atoms with Crippen molar-refractivity contribution in [1.82, 2.24) is 0 Å². The van der Waals surface area contributed by atoms with E-state index in [-0.39, 0.29) is 22.0 Å². The van der Waals surface area contributed by atoms with E-state index in [0.29, 0.717) is 0 Å². The summed E-state index contributed by atoms with van der Waals surface area (Å²) < 4.78 is 9.52. The fourth-order valence-corrected chi connectivity index (χ4v) is 6.86. The molecule has 5 aromatic carbocycles. The van der Waals surface area contributed by atoms with E-state index in [1.54, 1.807) is 12.1 Å². The highest BCUT2D eigenvalue weighted by molar-refractivity contribution is 7.97. The minimum atomic E-state index is -2.21. The molecule has 0 aromatic heterocycles. The maximum Gasteiger partial charge on any atom is 0.349 e. The molecule has 0 spiro atoms. The van der Waals surface area contributed by atoms with Gasteiger partial charge in [-0.15, -0.1) is 0 Å². The van der Waals surface area contributed by atoms with Crippen molar-refractivity contribution in [1.29, 1.82) is 0 Å². The highest BCUT2D eigenvalue weighted by Gasteiger charge is 2.41. The first kappa shape index (κ1) is 35.2. The maximum atomic E-state index is 12.0. The Morgan fingerprint density at radius 2 is 0.917 bits per heavy atom. The molecular weight excluding hydrogens is 628 g/mol. The number of rotatable bonds is 10. The molecule has 244 valence electrons. The first-order valence-electron chi connectivity index (χ1n) is 15.0. The van der Waals surface area contributed by atoms with Crippen molar-refractivity contribution in [2.45, 2.75) is 47.7 Å². The molecule has 3 atom stereocenters. The summed E-state index contributed by atoms with van der Waals surface area (Å²) in [6.07, 6.45) is -4.43. The SMILES string of the molecule is Cc1ccc([S+](c2ccccc2)c2cc(C)ccc2C)cc1.O=C(O[C@@H](C(=O)O)[C@@H](OC(=O)c1ccccc1)C(=O)O)c1ccccc1. The van der Waals surface area contributed by atoms with Gasteiger partial charge >= 0.3 is 23.9 Å². The number of esters is 2. The third-order valence-corrected chi connectivity index (χ3v) is 9.41. The molecule has 0 fully saturated rings. The lowest BCUT2D eigenvalue weighted by Gasteiger charge is -2.21. The smallest absolute Gasteiger partial charge is 0.349 e. The van der Waals surface area contributed by atoms with Gasteiger partial charge in [0.1, 0.15) is 0 Å². The highest BCUT2D eigenvalue weighted by atomic mass is 32.2. The summed E-state index contributed by atoms with van der Waals surface area (Å²) in [5.41, 5.74) is 4.04. The van der Waals surface area contributed by atoms with Crippen LogP contribution in [0.25, 0.3) is 0 Å². The van der Waals surface area contributed by atoms with Gasteiger partial charge < -0.3 is 19.7 Å². The van der Waals surface area contributed by atoms with Crippen molar-refractivity contribution >= 4 is 34.8 Å². The number of hydrogen-bond donors (Lipinski definition) is 2. The van der Waals surface area contributed by atoms with Crippen molar-refractivity contribution in [3.05, 3.63) is 161 Å². The molecule has 0 aliphatic rings. The Labute approximate surface area is 282 Å². The number of carbonyl (C=O) groups excluding carboxylic acids is 2. The molecular formula is C39H35O8S+. The lowest BCUT2D eigenvalue weighted by atomic mass is 10.1. The molecule has 0 aliphatic heterocycles. The lowest BCUT2D eigenvalue weighted by molar-refractivity contribution is -0.166. The lowest BCUT2D eigenvalue weighted by Crippen LogP contribution is -2.45. The van der Waals surface area contributed by atoms with Crippen LogP contribution in [-0.4, -0.2) is 46.3 Å². The zero-order valence-corrected chi connectivity index (χ0v) is 27.4. The maximum absolute atomic E-state index is 12.0. The van der Waals surface area contributed by atoms with Crippen molar-refractivity contribution < 1.29 is 38.9 Å². The molecule has 0 aliphatic carbocycles.